The highest BCUT2D eigenvalue weighted by atomic mass is 16.7. The molecule has 0 radical (unpaired) electrons. The lowest BCUT2D eigenvalue weighted by molar-refractivity contribution is -0.122. The van der Waals surface area contributed by atoms with Crippen molar-refractivity contribution in [1.82, 2.24) is 4.90 Å². The molecule has 0 N–H and O–H groups in total. The van der Waals surface area contributed by atoms with Gasteiger partial charge in [0.2, 0.25) is 6.79 Å². The zero-order valence-corrected chi connectivity index (χ0v) is 19.0. The zero-order valence-electron chi connectivity index (χ0n) is 19.0. The van der Waals surface area contributed by atoms with Crippen LogP contribution in [0.15, 0.2) is 41.0 Å². The summed E-state index contributed by atoms with van der Waals surface area (Å²) in [5.74, 6) is 2.25. The van der Waals surface area contributed by atoms with Crippen LogP contribution in [0.5, 0.6) is 11.5 Å². The number of furan rings is 1. The number of amides is 1. The lowest BCUT2D eigenvalue weighted by atomic mass is 9.65. The summed E-state index contributed by atoms with van der Waals surface area (Å²) in [5.41, 5.74) is 1.00. The molecule has 2 aliphatic heterocycles. The number of carbonyl (C=O) groups is 1. The smallest absolute Gasteiger partial charge is 0.289 e. The molecule has 31 heavy (non-hydrogen) atoms. The Morgan fingerprint density at radius 3 is 2.68 bits per heavy atom. The molecule has 0 aliphatic carbocycles. The molecule has 1 amide bonds. The number of carbonyl (C=O) groups excluding carboxylic acids is 1. The summed E-state index contributed by atoms with van der Waals surface area (Å²) in [6.45, 7) is 11.1. The van der Waals surface area contributed by atoms with Crippen molar-refractivity contribution in [1.29, 1.82) is 0 Å². The molecule has 0 saturated carbocycles. The first-order chi connectivity index (χ1) is 14.8. The maximum atomic E-state index is 13.3. The molecule has 168 valence electrons. The summed E-state index contributed by atoms with van der Waals surface area (Å²) >= 11 is 0. The van der Waals surface area contributed by atoms with E-state index in [1.165, 1.54) is 0 Å². The van der Waals surface area contributed by atoms with Gasteiger partial charge in [0, 0.05) is 19.7 Å². The van der Waals surface area contributed by atoms with Crippen LogP contribution in [0.4, 0.5) is 0 Å². The number of nitrogens with zero attached hydrogens (tertiary/aromatic N) is 1. The number of benzene rings is 1. The van der Waals surface area contributed by atoms with Crippen molar-refractivity contribution >= 4 is 5.91 Å². The first-order valence-corrected chi connectivity index (χ1v) is 11.1. The van der Waals surface area contributed by atoms with E-state index in [1.54, 1.807) is 18.4 Å². The second-order valence-electron chi connectivity index (χ2n) is 9.69. The molecule has 4 rings (SSSR count). The Kier molecular flexibility index (Phi) is 6.02. The SMILES string of the molecule is CC(C)[C@@]1(CCN(Cc2ccc3c(c2)OCO3)C(=O)c2ccco2)CCOC(C)(C)C1. The molecule has 3 heterocycles. The monoisotopic (exact) mass is 427 g/mol. The van der Waals surface area contributed by atoms with E-state index in [2.05, 4.69) is 27.7 Å². The Morgan fingerprint density at radius 1 is 1.16 bits per heavy atom. The minimum absolute atomic E-state index is 0.0899. The molecule has 0 bridgehead atoms. The van der Waals surface area contributed by atoms with Crippen LogP contribution in [0.1, 0.15) is 63.1 Å². The van der Waals surface area contributed by atoms with E-state index in [0.29, 0.717) is 24.8 Å². The van der Waals surface area contributed by atoms with Crippen LogP contribution in [0.25, 0.3) is 0 Å². The fourth-order valence-electron chi connectivity index (χ4n) is 4.94. The molecule has 6 heteroatoms. The van der Waals surface area contributed by atoms with Gasteiger partial charge in [-0.15, -0.1) is 0 Å². The lowest BCUT2D eigenvalue weighted by Gasteiger charge is -2.48. The predicted molar refractivity (Wildman–Crippen MR) is 117 cm³/mol. The van der Waals surface area contributed by atoms with Crippen molar-refractivity contribution in [2.75, 3.05) is 19.9 Å². The second-order valence-corrected chi connectivity index (χ2v) is 9.69. The van der Waals surface area contributed by atoms with Gasteiger partial charge in [-0.25, -0.2) is 0 Å². The van der Waals surface area contributed by atoms with Gasteiger partial charge in [-0.3, -0.25) is 4.79 Å². The first kappa shape index (κ1) is 21.8. The molecule has 1 saturated heterocycles. The van der Waals surface area contributed by atoms with Crippen LogP contribution < -0.4 is 9.47 Å². The average Bonchev–Trinajstić information content (AvgIpc) is 3.41. The summed E-state index contributed by atoms with van der Waals surface area (Å²) in [6.07, 6.45) is 4.47. The van der Waals surface area contributed by atoms with E-state index < -0.39 is 0 Å². The van der Waals surface area contributed by atoms with E-state index >= 15 is 0 Å². The normalized spacial score (nSPS) is 22.0. The third kappa shape index (κ3) is 4.74. The van der Waals surface area contributed by atoms with Gasteiger partial charge in [-0.2, -0.15) is 0 Å². The fourth-order valence-corrected chi connectivity index (χ4v) is 4.94. The van der Waals surface area contributed by atoms with Crippen molar-refractivity contribution in [3.05, 3.63) is 47.9 Å². The molecule has 1 aromatic carbocycles. The van der Waals surface area contributed by atoms with Crippen LogP contribution in [0.3, 0.4) is 0 Å². The van der Waals surface area contributed by atoms with Gasteiger partial charge in [0.25, 0.3) is 5.91 Å². The van der Waals surface area contributed by atoms with E-state index in [1.807, 2.05) is 23.1 Å². The quantitative estimate of drug-likeness (QED) is 0.602. The molecule has 1 fully saturated rings. The third-order valence-electron chi connectivity index (χ3n) is 6.80. The molecular weight excluding hydrogens is 394 g/mol. The van der Waals surface area contributed by atoms with E-state index in [-0.39, 0.29) is 23.7 Å². The number of hydrogen-bond donors (Lipinski definition) is 0. The molecule has 2 aromatic rings. The molecule has 0 spiro atoms. The van der Waals surface area contributed by atoms with Crippen LogP contribution in [-0.4, -0.2) is 36.4 Å². The number of rotatable bonds is 7. The lowest BCUT2D eigenvalue weighted by Crippen LogP contribution is -2.46. The van der Waals surface area contributed by atoms with Gasteiger partial charge < -0.3 is 23.5 Å². The molecule has 2 aliphatic rings. The molecular formula is C25H33NO5. The molecule has 0 unspecified atom stereocenters. The third-order valence-corrected chi connectivity index (χ3v) is 6.80. The topological polar surface area (TPSA) is 61.1 Å². The minimum Gasteiger partial charge on any atom is -0.459 e. The number of fused-ring (bicyclic) bond motifs is 1. The van der Waals surface area contributed by atoms with E-state index in [0.717, 1.165) is 42.9 Å². The summed E-state index contributed by atoms with van der Waals surface area (Å²) in [6, 6.07) is 9.34. The van der Waals surface area contributed by atoms with Crippen LogP contribution >= 0.6 is 0 Å². The molecule has 6 nitrogen and oxygen atoms in total. The van der Waals surface area contributed by atoms with Crippen LogP contribution in [0.2, 0.25) is 0 Å². The highest BCUT2D eigenvalue weighted by molar-refractivity contribution is 5.91. The predicted octanol–water partition coefficient (Wildman–Crippen LogP) is 5.27. The summed E-state index contributed by atoms with van der Waals surface area (Å²) in [4.78, 5) is 15.2. The Morgan fingerprint density at radius 2 is 1.97 bits per heavy atom. The van der Waals surface area contributed by atoms with Gasteiger partial charge in [0.05, 0.1) is 11.9 Å². The number of hydrogen-bond acceptors (Lipinski definition) is 5. The first-order valence-electron chi connectivity index (χ1n) is 11.1. The molecule has 1 atom stereocenters. The Balaban J connectivity index is 1.55. The standard InChI is InChI=1S/C25H33NO5/c1-18(2)25(10-13-31-24(3,4)16-25)9-11-26(23(27)21-6-5-12-28-21)15-19-7-8-20-22(14-19)30-17-29-20/h5-8,12,14,18H,9-11,13,15-17H2,1-4H3/t25-/m0/s1. The number of ether oxygens (including phenoxy) is 3. The maximum absolute atomic E-state index is 13.3. The highest BCUT2D eigenvalue weighted by Crippen LogP contribution is 2.47. The van der Waals surface area contributed by atoms with E-state index in [9.17, 15) is 4.79 Å². The van der Waals surface area contributed by atoms with Crippen molar-refractivity contribution < 1.29 is 23.4 Å². The zero-order chi connectivity index (χ0) is 22.1. The fraction of sp³-hybridized carbons (Fsp3) is 0.560. The second kappa shape index (κ2) is 8.58. The van der Waals surface area contributed by atoms with Gasteiger partial charge in [-0.05, 0) is 74.3 Å². The Labute approximate surface area is 184 Å². The van der Waals surface area contributed by atoms with Crippen molar-refractivity contribution in [2.24, 2.45) is 11.3 Å². The summed E-state index contributed by atoms with van der Waals surface area (Å²) in [5, 5.41) is 0. The highest BCUT2D eigenvalue weighted by Gasteiger charge is 2.43. The largest absolute Gasteiger partial charge is 0.459 e. The van der Waals surface area contributed by atoms with Crippen molar-refractivity contribution in [2.45, 2.75) is 59.1 Å². The Hall–Kier alpha value is -2.47. The van der Waals surface area contributed by atoms with Gasteiger partial charge in [-0.1, -0.05) is 19.9 Å². The average molecular weight is 428 g/mol. The summed E-state index contributed by atoms with van der Waals surface area (Å²) < 4.78 is 22.4. The van der Waals surface area contributed by atoms with E-state index in [4.69, 9.17) is 18.6 Å². The minimum atomic E-state index is -0.143. The Bertz CT molecular complexity index is 905. The molecule has 1 aromatic heterocycles. The van der Waals surface area contributed by atoms with Crippen LogP contribution in [-0.2, 0) is 11.3 Å². The van der Waals surface area contributed by atoms with Crippen LogP contribution in [0, 0.1) is 11.3 Å². The van der Waals surface area contributed by atoms with Crippen molar-refractivity contribution in [3.8, 4) is 11.5 Å². The van der Waals surface area contributed by atoms with Crippen molar-refractivity contribution in [3.63, 3.8) is 0 Å². The van der Waals surface area contributed by atoms with Gasteiger partial charge >= 0.3 is 0 Å². The van der Waals surface area contributed by atoms with Gasteiger partial charge in [0.15, 0.2) is 17.3 Å². The maximum Gasteiger partial charge on any atom is 0.289 e. The summed E-state index contributed by atoms with van der Waals surface area (Å²) in [7, 11) is 0. The van der Waals surface area contributed by atoms with Gasteiger partial charge in [0.1, 0.15) is 0 Å².